The van der Waals surface area contributed by atoms with Crippen LogP contribution < -0.4 is 24.6 Å². The molecule has 3 aliphatic heterocycles. The third-order valence-corrected chi connectivity index (χ3v) is 10.6. The Kier molecular flexibility index (Phi) is 9.86. The first-order valence-corrected chi connectivity index (χ1v) is 18.0. The van der Waals surface area contributed by atoms with Crippen LogP contribution in [-0.4, -0.2) is 50.7 Å². The van der Waals surface area contributed by atoms with E-state index in [1.54, 1.807) is 0 Å². The van der Waals surface area contributed by atoms with E-state index >= 15 is 0 Å². The van der Waals surface area contributed by atoms with Crippen LogP contribution in [0.5, 0.6) is 11.5 Å². The van der Waals surface area contributed by atoms with Gasteiger partial charge in [0.05, 0.1) is 21.4 Å². The fourth-order valence-corrected chi connectivity index (χ4v) is 7.83. The highest BCUT2D eigenvalue weighted by molar-refractivity contribution is 6.39. The minimum absolute atomic E-state index is 0.0134. The number of halogens is 2. The van der Waals surface area contributed by atoms with Gasteiger partial charge in [0.2, 0.25) is 0 Å². The van der Waals surface area contributed by atoms with Crippen molar-refractivity contribution in [3.8, 4) is 44.9 Å². The van der Waals surface area contributed by atoms with Gasteiger partial charge in [-0.25, -0.2) is 0 Å². The van der Waals surface area contributed by atoms with Gasteiger partial charge in [-0.3, -0.25) is 9.59 Å². The van der Waals surface area contributed by atoms with Gasteiger partial charge in [-0.05, 0) is 67.1 Å². The third kappa shape index (κ3) is 6.77. The lowest BCUT2D eigenvalue weighted by Gasteiger charge is -2.32. The molecule has 2 amide bonds. The third-order valence-electron chi connectivity index (χ3n) is 9.83. The number of benzene rings is 4. The second-order valence-corrected chi connectivity index (χ2v) is 14.1. The molecule has 0 spiro atoms. The number of anilines is 2. The largest absolute Gasteiger partial charge is 0.482 e. The van der Waals surface area contributed by atoms with Gasteiger partial charge in [0.15, 0.2) is 13.2 Å². The van der Waals surface area contributed by atoms with Crippen molar-refractivity contribution >= 4 is 46.4 Å². The van der Waals surface area contributed by atoms with Crippen molar-refractivity contribution < 1.29 is 19.1 Å². The van der Waals surface area contributed by atoms with Crippen molar-refractivity contribution in [1.82, 2.24) is 5.32 Å². The number of hydrogen-bond acceptors (Lipinski definition) is 5. The average Bonchev–Trinajstić information content (AvgIpc) is 3.63. The minimum Gasteiger partial charge on any atom is -0.482 e. The number of nitrogens with one attached hydrogen (secondary N) is 1. The van der Waals surface area contributed by atoms with Crippen LogP contribution in [0, 0.1) is 5.92 Å². The monoisotopic (exact) mass is 697 g/mol. The lowest BCUT2D eigenvalue weighted by atomic mass is 9.95. The Bertz CT molecular complexity index is 1890. The molecule has 1 fully saturated rings. The van der Waals surface area contributed by atoms with Gasteiger partial charge in [0, 0.05) is 41.4 Å². The predicted octanol–water partition coefficient (Wildman–Crippen LogP) is 9.02. The molecule has 49 heavy (non-hydrogen) atoms. The summed E-state index contributed by atoms with van der Waals surface area (Å²) in [7, 11) is 0. The second kappa shape index (κ2) is 14.4. The number of nitrogens with zero attached hydrogens (tertiary/aromatic N) is 2. The molecule has 1 saturated heterocycles. The Hall–Kier alpha value is -4.04. The van der Waals surface area contributed by atoms with E-state index in [-0.39, 0.29) is 31.1 Å². The highest BCUT2D eigenvalue weighted by Crippen LogP contribution is 2.45. The van der Waals surface area contributed by atoms with Gasteiger partial charge in [-0.2, -0.15) is 0 Å². The molecule has 4 aromatic carbocycles. The van der Waals surface area contributed by atoms with Crippen molar-refractivity contribution in [2.75, 3.05) is 42.6 Å². The molecule has 1 N–H and O–H groups in total. The summed E-state index contributed by atoms with van der Waals surface area (Å²) in [5, 5.41) is 4.63. The first-order chi connectivity index (χ1) is 23.8. The molecule has 2 atom stereocenters. The lowest BCUT2D eigenvalue weighted by molar-refractivity contribution is -0.122. The van der Waals surface area contributed by atoms with Crippen molar-refractivity contribution in [2.24, 2.45) is 5.92 Å². The normalized spacial score (nSPS) is 17.8. The summed E-state index contributed by atoms with van der Waals surface area (Å²) in [4.78, 5) is 29.3. The predicted molar refractivity (Wildman–Crippen MR) is 198 cm³/mol. The molecule has 3 aliphatic rings. The zero-order valence-electron chi connectivity index (χ0n) is 27.9. The van der Waals surface area contributed by atoms with Crippen LogP contribution in [-0.2, 0) is 9.59 Å². The van der Waals surface area contributed by atoms with Crippen molar-refractivity contribution in [3.63, 3.8) is 0 Å². The summed E-state index contributed by atoms with van der Waals surface area (Å²) < 4.78 is 11.8. The van der Waals surface area contributed by atoms with E-state index in [0.717, 1.165) is 83.4 Å². The minimum atomic E-state index is -0.0307. The summed E-state index contributed by atoms with van der Waals surface area (Å²) in [5.74, 6) is 1.69. The van der Waals surface area contributed by atoms with E-state index in [1.165, 1.54) is 0 Å². The molecule has 3 heterocycles. The number of hydrogen-bond donors (Lipinski definition) is 1. The van der Waals surface area contributed by atoms with Gasteiger partial charge in [0.25, 0.3) is 11.8 Å². The zero-order chi connectivity index (χ0) is 34.1. The van der Waals surface area contributed by atoms with Gasteiger partial charge >= 0.3 is 0 Å². The molecular formula is C40H41Cl2N3O4. The smallest absolute Gasteiger partial charge is 0.265 e. The molecule has 0 saturated carbocycles. The average molecular weight is 699 g/mol. The zero-order valence-corrected chi connectivity index (χ0v) is 29.4. The quantitative estimate of drug-likeness (QED) is 0.179. The standard InChI is InChI=1S/C40H41Cl2N3O4/c1-3-4-8-25(2)21-44-33-16-14-26(19-35(33)48-23-37(44)46)29-10-5-12-31(39(29)41)32-13-6-11-30(40(32)42)27-15-17-34-36(20-27)49-24-38(47)45(34)22-28-9-7-18-43-28/h5-6,10-17,19-20,25,28,43H,3-4,7-9,18,21-24H2,1-2H3/t25-,28-/m1/s1. The first-order valence-electron chi connectivity index (χ1n) is 17.3. The van der Waals surface area contributed by atoms with Gasteiger partial charge < -0.3 is 24.6 Å². The molecule has 0 aromatic heterocycles. The van der Waals surface area contributed by atoms with Crippen molar-refractivity contribution in [3.05, 3.63) is 82.8 Å². The van der Waals surface area contributed by atoms with E-state index in [1.807, 2.05) is 82.6 Å². The maximum atomic E-state index is 12.8. The van der Waals surface area contributed by atoms with E-state index in [9.17, 15) is 9.59 Å². The number of rotatable bonds is 10. The maximum Gasteiger partial charge on any atom is 0.265 e. The van der Waals surface area contributed by atoms with E-state index in [0.29, 0.717) is 40.6 Å². The van der Waals surface area contributed by atoms with E-state index in [4.69, 9.17) is 32.7 Å². The molecular weight excluding hydrogens is 657 g/mol. The van der Waals surface area contributed by atoms with Crippen LogP contribution in [0.2, 0.25) is 10.0 Å². The van der Waals surface area contributed by atoms with Crippen LogP contribution >= 0.6 is 23.2 Å². The number of ether oxygens (including phenoxy) is 2. The Morgan fingerprint density at radius 3 is 1.90 bits per heavy atom. The fraction of sp³-hybridized carbons (Fsp3) is 0.350. The molecule has 7 nitrogen and oxygen atoms in total. The van der Waals surface area contributed by atoms with E-state index < -0.39 is 0 Å². The molecule has 9 heteroatoms. The molecule has 0 bridgehead atoms. The van der Waals surface area contributed by atoms with Crippen LogP contribution in [0.1, 0.15) is 46.0 Å². The number of fused-ring (bicyclic) bond motifs is 2. The van der Waals surface area contributed by atoms with Crippen LogP contribution in [0.3, 0.4) is 0 Å². The molecule has 0 aliphatic carbocycles. The highest BCUT2D eigenvalue weighted by atomic mass is 35.5. The number of amides is 2. The fourth-order valence-electron chi connectivity index (χ4n) is 7.16. The molecule has 4 aromatic rings. The van der Waals surface area contributed by atoms with E-state index in [2.05, 4.69) is 19.2 Å². The maximum absolute atomic E-state index is 12.8. The van der Waals surface area contributed by atoms with Crippen LogP contribution in [0.25, 0.3) is 33.4 Å². The summed E-state index contributed by atoms with van der Waals surface area (Å²) in [6, 6.07) is 24.0. The first kappa shape index (κ1) is 33.5. The van der Waals surface area contributed by atoms with Crippen LogP contribution in [0.4, 0.5) is 11.4 Å². The highest BCUT2D eigenvalue weighted by Gasteiger charge is 2.30. The molecule has 0 unspecified atom stereocenters. The summed E-state index contributed by atoms with van der Waals surface area (Å²) in [5.41, 5.74) is 6.66. The van der Waals surface area contributed by atoms with Gasteiger partial charge in [-0.15, -0.1) is 0 Å². The van der Waals surface area contributed by atoms with Gasteiger partial charge in [-0.1, -0.05) is 98.4 Å². The van der Waals surface area contributed by atoms with Gasteiger partial charge in [0.1, 0.15) is 11.5 Å². The SMILES string of the molecule is CCCC[C@@H](C)CN1C(=O)COc2cc(-c3cccc(-c4cccc(-c5ccc6c(c5)OCC(=O)N6C[C@H]5CCCN5)c4Cl)c3Cl)ccc21. The van der Waals surface area contributed by atoms with Crippen LogP contribution in [0.15, 0.2) is 72.8 Å². The van der Waals surface area contributed by atoms with Crippen molar-refractivity contribution in [2.45, 2.75) is 52.0 Å². The topological polar surface area (TPSA) is 71.1 Å². The molecule has 0 radical (unpaired) electrons. The Labute approximate surface area is 298 Å². The Balaban J connectivity index is 1.17. The Morgan fingerprint density at radius 1 is 0.796 bits per heavy atom. The number of carbonyl (C=O) groups is 2. The molecule has 254 valence electrons. The van der Waals surface area contributed by atoms with Crippen molar-refractivity contribution in [1.29, 1.82) is 0 Å². The summed E-state index contributed by atoms with van der Waals surface area (Å²) in [6.07, 6.45) is 5.55. The molecule has 7 rings (SSSR count). The second-order valence-electron chi connectivity index (χ2n) is 13.3. The number of unbranched alkanes of at least 4 members (excludes halogenated alkanes) is 1. The number of carbonyl (C=O) groups excluding carboxylic acids is 2. The summed E-state index contributed by atoms with van der Waals surface area (Å²) >= 11 is 14.3. The lowest BCUT2D eigenvalue weighted by Crippen LogP contribution is -2.45. The summed E-state index contributed by atoms with van der Waals surface area (Å²) in [6.45, 7) is 6.70. The Morgan fingerprint density at radius 2 is 1.35 bits per heavy atom.